The molecule has 1 aliphatic rings. The minimum atomic E-state index is -4.11. The molecule has 0 aliphatic carbocycles. The monoisotopic (exact) mass is 320 g/mol. The van der Waals surface area contributed by atoms with Crippen LogP contribution >= 0.6 is 0 Å². The molecule has 1 unspecified atom stereocenters. The Labute approximate surface area is 130 Å². The van der Waals surface area contributed by atoms with Gasteiger partial charge in [-0.2, -0.15) is 13.2 Å². The van der Waals surface area contributed by atoms with Gasteiger partial charge in [0.1, 0.15) is 0 Å². The van der Waals surface area contributed by atoms with Crippen LogP contribution in [0.1, 0.15) is 20.3 Å². The van der Waals surface area contributed by atoms with Crippen LogP contribution in [0, 0.1) is 11.8 Å². The molecule has 0 bridgehead atoms. The molecule has 0 radical (unpaired) electrons. The summed E-state index contributed by atoms with van der Waals surface area (Å²) < 4.78 is 37.1. The van der Waals surface area contributed by atoms with Crippen molar-refractivity contribution in [1.82, 2.24) is 15.5 Å². The summed E-state index contributed by atoms with van der Waals surface area (Å²) in [6.45, 7) is 9.93. The van der Waals surface area contributed by atoms with Crippen LogP contribution < -0.4 is 10.6 Å². The quantitative estimate of drug-likeness (QED) is 0.429. The maximum Gasteiger partial charge on any atom is 0.401 e. The van der Waals surface area contributed by atoms with E-state index in [0.29, 0.717) is 44.6 Å². The van der Waals surface area contributed by atoms with Crippen molar-refractivity contribution in [2.45, 2.75) is 26.4 Å². The van der Waals surface area contributed by atoms with Gasteiger partial charge in [0.05, 0.1) is 6.54 Å². The normalized spacial score (nSPS) is 20.5. The minimum absolute atomic E-state index is 0.220. The third-order valence-electron chi connectivity index (χ3n) is 3.36. The van der Waals surface area contributed by atoms with E-state index in [1.54, 1.807) is 6.08 Å². The molecule has 2 N–H and O–H groups in total. The molecule has 1 fully saturated rings. The number of nitrogens with one attached hydrogen (secondary N) is 2. The van der Waals surface area contributed by atoms with Crippen LogP contribution in [-0.2, 0) is 0 Å². The molecule has 22 heavy (non-hydrogen) atoms. The van der Waals surface area contributed by atoms with E-state index in [1.165, 1.54) is 4.90 Å². The molecular formula is C15H27F3N4. The maximum absolute atomic E-state index is 12.4. The lowest BCUT2D eigenvalue weighted by Crippen LogP contribution is -2.41. The van der Waals surface area contributed by atoms with Crippen LogP contribution in [0.25, 0.3) is 0 Å². The second-order valence-electron chi connectivity index (χ2n) is 6.14. The second-order valence-corrected chi connectivity index (χ2v) is 6.14. The lowest BCUT2D eigenvalue weighted by molar-refractivity contribution is -0.143. The summed E-state index contributed by atoms with van der Waals surface area (Å²) in [5.74, 6) is 1.37. The van der Waals surface area contributed by atoms with Gasteiger partial charge in [0.15, 0.2) is 5.96 Å². The number of alkyl halides is 3. The molecule has 0 aromatic heterocycles. The number of halogens is 3. The summed E-state index contributed by atoms with van der Waals surface area (Å²) in [4.78, 5) is 5.92. The molecule has 0 amide bonds. The fourth-order valence-electron chi connectivity index (χ4n) is 2.33. The van der Waals surface area contributed by atoms with Crippen LogP contribution in [0.15, 0.2) is 17.6 Å². The molecule has 4 nitrogen and oxygen atoms in total. The Morgan fingerprint density at radius 1 is 1.41 bits per heavy atom. The molecule has 1 rings (SSSR count). The van der Waals surface area contributed by atoms with E-state index in [4.69, 9.17) is 0 Å². The van der Waals surface area contributed by atoms with E-state index in [-0.39, 0.29) is 5.92 Å². The Balaban J connectivity index is 2.38. The zero-order chi connectivity index (χ0) is 16.6. The fraction of sp³-hybridized carbons (Fsp3) is 0.800. The average Bonchev–Trinajstić information content (AvgIpc) is 2.83. The van der Waals surface area contributed by atoms with Crippen molar-refractivity contribution in [2.24, 2.45) is 16.8 Å². The van der Waals surface area contributed by atoms with Gasteiger partial charge in [-0.1, -0.05) is 19.9 Å². The molecular weight excluding hydrogens is 293 g/mol. The van der Waals surface area contributed by atoms with Gasteiger partial charge < -0.3 is 10.6 Å². The first-order chi connectivity index (χ1) is 10.3. The van der Waals surface area contributed by atoms with Gasteiger partial charge >= 0.3 is 6.18 Å². The molecule has 7 heteroatoms. The number of hydrogen-bond donors (Lipinski definition) is 2. The summed E-state index contributed by atoms with van der Waals surface area (Å²) in [5.41, 5.74) is 0. The summed E-state index contributed by atoms with van der Waals surface area (Å²) in [5, 5.41) is 6.34. The van der Waals surface area contributed by atoms with Crippen molar-refractivity contribution in [3.63, 3.8) is 0 Å². The van der Waals surface area contributed by atoms with Gasteiger partial charge in [-0.3, -0.25) is 9.89 Å². The molecule has 0 aromatic rings. The van der Waals surface area contributed by atoms with E-state index < -0.39 is 12.7 Å². The third-order valence-corrected chi connectivity index (χ3v) is 3.36. The Kier molecular flexibility index (Phi) is 7.72. The summed E-state index contributed by atoms with van der Waals surface area (Å²) in [6.07, 6.45) is -1.59. The van der Waals surface area contributed by atoms with Gasteiger partial charge in [0.2, 0.25) is 0 Å². The molecule has 0 spiro atoms. The van der Waals surface area contributed by atoms with Crippen LogP contribution in [0.5, 0.6) is 0 Å². The molecule has 128 valence electrons. The number of guanidine groups is 1. The zero-order valence-electron chi connectivity index (χ0n) is 13.4. The number of aliphatic imine (C=N–C) groups is 1. The Hall–Kier alpha value is -1.24. The first-order valence-corrected chi connectivity index (χ1v) is 7.72. The van der Waals surface area contributed by atoms with Crippen molar-refractivity contribution in [3.8, 4) is 0 Å². The summed E-state index contributed by atoms with van der Waals surface area (Å²) in [6, 6.07) is 0. The largest absolute Gasteiger partial charge is 0.401 e. The van der Waals surface area contributed by atoms with Gasteiger partial charge in [0.25, 0.3) is 0 Å². The molecule has 0 saturated carbocycles. The molecule has 1 aliphatic heterocycles. The third kappa shape index (κ3) is 8.26. The van der Waals surface area contributed by atoms with Crippen molar-refractivity contribution in [3.05, 3.63) is 12.7 Å². The first kappa shape index (κ1) is 18.8. The maximum atomic E-state index is 12.4. The highest BCUT2D eigenvalue weighted by atomic mass is 19.4. The summed E-state index contributed by atoms with van der Waals surface area (Å²) in [7, 11) is 0. The van der Waals surface area contributed by atoms with Crippen LogP contribution in [0.4, 0.5) is 13.2 Å². The average molecular weight is 320 g/mol. The number of rotatable bonds is 7. The Bertz CT molecular complexity index is 366. The van der Waals surface area contributed by atoms with Gasteiger partial charge in [-0.15, -0.1) is 6.58 Å². The highest BCUT2D eigenvalue weighted by Crippen LogP contribution is 2.22. The zero-order valence-corrected chi connectivity index (χ0v) is 13.4. The van der Waals surface area contributed by atoms with Crippen molar-refractivity contribution in [1.29, 1.82) is 0 Å². The molecule has 1 heterocycles. The Morgan fingerprint density at radius 3 is 2.73 bits per heavy atom. The van der Waals surface area contributed by atoms with Crippen LogP contribution in [-0.4, -0.2) is 56.3 Å². The van der Waals surface area contributed by atoms with Crippen molar-refractivity contribution < 1.29 is 13.2 Å². The van der Waals surface area contributed by atoms with Crippen molar-refractivity contribution >= 4 is 5.96 Å². The predicted molar refractivity (Wildman–Crippen MR) is 83.9 cm³/mol. The number of hydrogen-bond acceptors (Lipinski definition) is 2. The van der Waals surface area contributed by atoms with Crippen LogP contribution in [0.2, 0.25) is 0 Å². The van der Waals surface area contributed by atoms with E-state index in [1.807, 2.05) is 0 Å². The summed E-state index contributed by atoms with van der Waals surface area (Å²) >= 11 is 0. The topological polar surface area (TPSA) is 39.7 Å². The number of nitrogens with zero attached hydrogens (tertiary/aromatic N) is 2. The molecule has 0 aromatic carbocycles. The van der Waals surface area contributed by atoms with E-state index in [0.717, 1.165) is 6.42 Å². The van der Waals surface area contributed by atoms with Crippen LogP contribution in [0.3, 0.4) is 0 Å². The lowest BCUT2D eigenvalue weighted by atomic mass is 10.1. The van der Waals surface area contributed by atoms with E-state index in [9.17, 15) is 13.2 Å². The van der Waals surface area contributed by atoms with Gasteiger partial charge in [0, 0.05) is 26.2 Å². The fourth-order valence-corrected chi connectivity index (χ4v) is 2.33. The van der Waals surface area contributed by atoms with Gasteiger partial charge in [-0.05, 0) is 24.8 Å². The van der Waals surface area contributed by atoms with E-state index in [2.05, 4.69) is 36.1 Å². The highest BCUT2D eigenvalue weighted by Gasteiger charge is 2.34. The molecule has 1 saturated heterocycles. The SMILES string of the molecule is C=CCNC(=NCC(C)C)NCC1CCN(CC(F)(F)F)C1. The number of likely N-dealkylation sites (tertiary alicyclic amines) is 1. The lowest BCUT2D eigenvalue weighted by Gasteiger charge is -2.18. The predicted octanol–water partition coefficient (Wildman–Crippen LogP) is 2.25. The Morgan fingerprint density at radius 2 is 2.14 bits per heavy atom. The van der Waals surface area contributed by atoms with Gasteiger partial charge in [-0.25, -0.2) is 0 Å². The second kappa shape index (κ2) is 9.02. The minimum Gasteiger partial charge on any atom is -0.356 e. The van der Waals surface area contributed by atoms with E-state index >= 15 is 0 Å². The smallest absolute Gasteiger partial charge is 0.356 e. The molecule has 1 atom stereocenters. The van der Waals surface area contributed by atoms with Crippen molar-refractivity contribution in [2.75, 3.05) is 39.3 Å². The highest BCUT2D eigenvalue weighted by molar-refractivity contribution is 5.79. The first-order valence-electron chi connectivity index (χ1n) is 7.72. The standard InChI is InChI=1S/C15H27F3N4/c1-4-6-19-14(20-8-12(2)3)21-9-13-5-7-22(10-13)11-15(16,17)18/h4,12-13H,1,5-11H2,2-3H3,(H2,19,20,21).